The van der Waals surface area contributed by atoms with E-state index in [2.05, 4.69) is 24.1 Å². The summed E-state index contributed by atoms with van der Waals surface area (Å²) in [5.74, 6) is 0. The molecule has 4 nitrogen and oxygen atoms in total. The van der Waals surface area contributed by atoms with E-state index in [1.807, 2.05) is 6.07 Å². The second kappa shape index (κ2) is 5.70. The van der Waals surface area contributed by atoms with Crippen LogP contribution in [-0.4, -0.2) is 23.2 Å². The Morgan fingerprint density at radius 1 is 1.50 bits per heavy atom. The highest BCUT2D eigenvalue weighted by Crippen LogP contribution is 2.24. The molecule has 0 amide bonds. The van der Waals surface area contributed by atoms with Gasteiger partial charge in [-0.2, -0.15) is 0 Å². The molecule has 0 aliphatic rings. The van der Waals surface area contributed by atoms with Crippen LogP contribution in [0.15, 0.2) is 18.5 Å². The molecule has 0 spiro atoms. The van der Waals surface area contributed by atoms with Gasteiger partial charge in [-0.05, 0) is 24.3 Å². The van der Waals surface area contributed by atoms with Gasteiger partial charge in [0, 0.05) is 19.3 Å². The average molecular weight is 223 g/mol. The molecule has 4 heteroatoms. The van der Waals surface area contributed by atoms with Crippen LogP contribution in [0.4, 0.5) is 11.4 Å². The summed E-state index contributed by atoms with van der Waals surface area (Å²) < 4.78 is 0. The summed E-state index contributed by atoms with van der Waals surface area (Å²) in [6.45, 7) is 5.43. The summed E-state index contributed by atoms with van der Waals surface area (Å²) in [5.41, 5.74) is 7.53. The molecule has 0 aliphatic carbocycles. The molecule has 0 unspecified atom stereocenters. The van der Waals surface area contributed by atoms with Crippen molar-refractivity contribution in [3.05, 3.63) is 18.5 Å². The minimum Gasteiger partial charge on any atom is -0.396 e. The third kappa shape index (κ3) is 4.06. The quantitative estimate of drug-likeness (QED) is 0.688. The largest absolute Gasteiger partial charge is 0.396 e. The number of aliphatic hydroxyl groups is 1. The van der Waals surface area contributed by atoms with Crippen molar-refractivity contribution in [2.75, 3.05) is 24.2 Å². The topological polar surface area (TPSA) is 71.2 Å². The Hall–Kier alpha value is -1.29. The van der Waals surface area contributed by atoms with Crippen molar-refractivity contribution >= 4 is 11.4 Å². The fraction of sp³-hybridized carbons (Fsp3) is 0.583. The molecule has 0 radical (unpaired) electrons. The third-order valence-corrected chi connectivity index (χ3v) is 2.62. The van der Waals surface area contributed by atoms with Gasteiger partial charge in [-0.1, -0.05) is 13.8 Å². The van der Waals surface area contributed by atoms with Gasteiger partial charge in [-0.3, -0.25) is 4.98 Å². The van der Waals surface area contributed by atoms with Gasteiger partial charge in [0.25, 0.3) is 0 Å². The molecule has 0 saturated carbocycles. The molecule has 0 fully saturated rings. The maximum Gasteiger partial charge on any atom is 0.0736 e. The standard InChI is InChI=1S/C12H21N3O/c1-12(2,5-3-7-16)9-15-11-4-6-14-8-10(11)13/h4,6,8,16H,3,5,7,9,13H2,1-2H3,(H,14,15). The van der Waals surface area contributed by atoms with E-state index in [4.69, 9.17) is 10.8 Å². The number of nitrogens with zero attached hydrogens (tertiary/aromatic N) is 1. The molecule has 4 N–H and O–H groups in total. The van der Waals surface area contributed by atoms with Crippen LogP contribution in [0.25, 0.3) is 0 Å². The van der Waals surface area contributed by atoms with Crippen molar-refractivity contribution in [2.24, 2.45) is 5.41 Å². The number of aliphatic hydroxyl groups excluding tert-OH is 1. The summed E-state index contributed by atoms with van der Waals surface area (Å²) in [5, 5.41) is 12.1. The smallest absolute Gasteiger partial charge is 0.0736 e. The van der Waals surface area contributed by atoms with E-state index >= 15 is 0 Å². The summed E-state index contributed by atoms with van der Waals surface area (Å²) in [4.78, 5) is 3.94. The van der Waals surface area contributed by atoms with Gasteiger partial charge in [0.05, 0.1) is 17.6 Å². The number of hydrogen-bond acceptors (Lipinski definition) is 4. The maximum atomic E-state index is 8.81. The molecule has 0 aliphatic heterocycles. The first kappa shape index (κ1) is 12.8. The van der Waals surface area contributed by atoms with Crippen molar-refractivity contribution in [2.45, 2.75) is 26.7 Å². The Morgan fingerprint density at radius 3 is 2.88 bits per heavy atom. The zero-order valence-electron chi connectivity index (χ0n) is 10.0. The van der Waals surface area contributed by atoms with Gasteiger partial charge in [-0.15, -0.1) is 0 Å². The summed E-state index contributed by atoms with van der Waals surface area (Å²) in [6, 6.07) is 1.87. The lowest BCUT2D eigenvalue weighted by molar-refractivity contribution is 0.248. The zero-order chi connectivity index (χ0) is 12.0. The van der Waals surface area contributed by atoms with E-state index in [-0.39, 0.29) is 12.0 Å². The summed E-state index contributed by atoms with van der Waals surface area (Å²) in [6.07, 6.45) is 5.18. The number of pyridine rings is 1. The molecular formula is C12H21N3O. The number of hydrogen-bond donors (Lipinski definition) is 3. The van der Waals surface area contributed by atoms with Crippen molar-refractivity contribution in [3.8, 4) is 0 Å². The molecule has 0 saturated heterocycles. The highest BCUT2D eigenvalue weighted by Gasteiger charge is 2.17. The Morgan fingerprint density at radius 2 is 2.25 bits per heavy atom. The molecule has 0 bridgehead atoms. The molecule has 1 heterocycles. The van der Waals surface area contributed by atoms with E-state index in [1.54, 1.807) is 12.4 Å². The summed E-state index contributed by atoms with van der Waals surface area (Å²) >= 11 is 0. The number of nitrogen functional groups attached to an aromatic ring is 1. The van der Waals surface area contributed by atoms with Gasteiger partial charge in [0.1, 0.15) is 0 Å². The highest BCUT2D eigenvalue weighted by atomic mass is 16.2. The SMILES string of the molecule is CC(C)(CCCO)CNc1ccncc1N. The Kier molecular flexibility index (Phi) is 4.55. The van der Waals surface area contributed by atoms with Gasteiger partial charge in [0.15, 0.2) is 0 Å². The van der Waals surface area contributed by atoms with Crippen LogP contribution in [0, 0.1) is 5.41 Å². The number of rotatable bonds is 6. The highest BCUT2D eigenvalue weighted by molar-refractivity contribution is 5.64. The second-order valence-electron chi connectivity index (χ2n) is 4.81. The van der Waals surface area contributed by atoms with Gasteiger partial charge < -0.3 is 16.2 Å². The zero-order valence-corrected chi connectivity index (χ0v) is 10.0. The minimum atomic E-state index is 0.151. The monoisotopic (exact) mass is 223 g/mol. The van der Waals surface area contributed by atoms with Crippen LogP contribution < -0.4 is 11.1 Å². The predicted octanol–water partition coefficient (Wildman–Crippen LogP) is 1.87. The Labute approximate surface area is 96.9 Å². The van der Waals surface area contributed by atoms with E-state index in [0.29, 0.717) is 5.69 Å². The first-order chi connectivity index (χ1) is 7.55. The molecule has 16 heavy (non-hydrogen) atoms. The molecule has 90 valence electrons. The normalized spacial score (nSPS) is 11.4. The van der Waals surface area contributed by atoms with Crippen LogP contribution in [0.2, 0.25) is 0 Å². The lowest BCUT2D eigenvalue weighted by Gasteiger charge is -2.25. The van der Waals surface area contributed by atoms with E-state index in [0.717, 1.165) is 25.1 Å². The molecule has 1 aromatic heterocycles. The molecular weight excluding hydrogens is 202 g/mol. The number of nitrogens with one attached hydrogen (secondary N) is 1. The Bertz CT molecular complexity index is 326. The first-order valence-corrected chi connectivity index (χ1v) is 5.59. The van der Waals surface area contributed by atoms with Crippen LogP contribution in [0.1, 0.15) is 26.7 Å². The maximum absolute atomic E-state index is 8.81. The average Bonchev–Trinajstić information content (AvgIpc) is 2.26. The van der Waals surface area contributed by atoms with Gasteiger partial charge in [-0.25, -0.2) is 0 Å². The Balaban J connectivity index is 2.47. The van der Waals surface area contributed by atoms with Crippen molar-refractivity contribution < 1.29 is 5.11 Å². The van der Waals surface area contributed by atoms with Gasteiger partial charge in [0.2, 0.25) is 0 Å². The van der Waals surface area contributed by atoms with E-state index in [1.165, 1.54) is 0 Å². The van der Waals surface area contributed by atoms with Crippen molar-refractivity contribution in [1.82, 2.24) is 4.98 Å². The lowest BCUT2D eigenvalue weighted by Crippen LogP contribution is -2.23. The first-order valence-electron chi connectivity index (χ1n) is 5.59. The van der Waals surface area contributed by atoms with Crippen LogP contribution in [-0.2, 0) is 0 Å². The number of anilines is 2. The fourth-order valence-corrected chi connectivity index (χ4v) is 1.55. The van der Waals surface area contributed by atoms with Crippen molar-refractivity contribution in [1.29, 1.82) is 0 Å². The fourth-order valence-electron chi connectivity index (χ4n) is 1.55. The van der Waals surface area contributed by atoms with Crippen LogP contribution >= 0.6 is 0 Å². The predicted molar refractivity (Wildman–Crippen MR) is 67.2 cm³/mol. The lowest BCUT2D eigenvalue weighted by atomic mass is 9.88. The molecule has 1 aromatic rings. The van der Waals surface area contributed by atoms with Crippen molar-refractivity contribution in [3.63, 3.8) is 0 Å². The second-order valence-corrected chi connectivity index (χ2v) is 4.81. The molecule has 0 atom stereocenters. The van der Waals surface area contributed by atoms with Crippen LogP contribution in [0.5, 0.6) is 0 Å². The minimum absolute atomic E-state index is 0.151. The number of nitrogens with two attached hydrogens (primary N) is 1. The van der Waals surface area contributed by atoms with Gasteiger partial charge >= 0.3 is 0 Å². The molecule has 0 aromatic carbocycles. The third-order valence-electron chi connectivity index (χ3n) is 2.62. The van der Waals surface area contributed by atoms with Crippen LogP contribution in [0.3, 0.4) is 0 Å². The summed E-state index contributed by atoms with van der Waals surface area (Å²) in [7, 11) is 0. The number of aromatic nitrogens is 1. The van der Waals surface area contributed by atoms with E-state index < -0.39 is 0 Å². The molecule has 1 rings (SSSR count). The van der Waals surface area contributed by atoms with E-state index in [9.17, 15) is 0 Å².